The molecule has 1 aromatic heterocycles. The van der Waals surface area contributed by atoms with Crippen molar-refractivity contribution < 1.29 is 0 Å². The van der Waals surface area contributed by atoms with Gasteiger partial charge >= 0.3 is 0 Å². The molecular weight excluding hydrogens is 252 g/mol. The number of aryl methyl sites for hydroxylation is 1. The van der Waals surface area contributed by atoms with Gasteiger partial charge in [0.15, 0.2) is 0 Å². The van der Waals surface area contributed by atoms with Crippen molar-refractivity contribution in [2.24, 2.45) is 5.73 Å². The van der Waals surface area contributed by atoms with Crippen LogP contribution in [-0.2, 0) is 13.1 Å². The summed E-state index contributed by atoms with van der Waals surface area (Å²) >= 11 is 8.00. The van der Waals surface area contributed by atoms with Gasteiger partial charge in [0.25, 0.3) is 0 Å². The number of halogens is 1. The lowest BCUT2D eigenvalue weighted by Gasteiger charge is -2.04. The number of benzene rings is 1. The first-order chi connectivity index (χ1) is 8.26. The van der Waals surface area contributed by atoms with E-state index in [1.165, 1.54) is 16.5 Å². The van der Waals surface area contributed by atoms with E-state index in [4.69, 9.17) is 17.3 Å². The van der Waals surface area contributed by atoms with Crippen LogP contribution >= 0.6 is 23.4 Å². The van der Waals surface area contributed by atoms with Crippen molar-refractivity contribution in [2.45, 2.75) is 20.0 Å². The molecule has 92 valence electrons. The van der Waals surface area contributed by atoms with Gasteiger partial charge in [0.05, 0.1) is 0 Å². The molecule has 2 rings (SSSR count). The highest BCUT2D eigenvalue weighted by molar-refractivity contribution is 7.99. The maximum absolute atomic E-state index is 6.05. The van der Waals surface area contributed by atoms with Crippen molar-refractivity contribution in [3.63, 3.8) is 0 Å². The fourth-order valence-corrected chi connectivity index (χ4v) is 2.78. The second-order valence-electron chi connectivity index (χ2n) is 3.91. The molecule has 0 bridgehead atoms. The molecule has 4 heteroatoms. The number of thioether (sulfide) groups is 1. The predicted octanol–water partition coefficient (Wildman–Crippen LogP) is 3.51. The summed E-state index contributed by atoms with van der Waals surface area (Å²) in [5, 5.41) is 2.00. The Bertz CT molecular complexity index is 507. The second-order valence-corrected chi connectivity index (χ2v) is 5.74. The number of aromatic nitrogens is 1. The SMILES string of the molecule is CCSCCn1cc(CN)c2ccc(Cl)cc21. The molecule has 0 radical (unpaired) electrons. The Morgan fingerprint density at radius 2 is 2.24 bits per heavy atom. The van der Waals surface area contributed by atoms with Crippen LogP contribution in [0, 0.1) is 0 Å². The fourth-order valence-electron chi connectivity index (χ4n) is 2.00. The monoisotopic (exact) mass is 268 g/mol. The van der Waals surface area contributed by atoms with E-state index >= 15 is 0 Å². The van der Waals surface area contributed by atoms with Crippen LogP contribution < -0.4 is 5.73 Å². The third-order valence-electron chi connectivity index (χ3n) is 2.83. The van der Waals surface area contributed by atoms with Gasteiger partial charge in [-0.3, -0.25) is 0 Å². The highest BCUT2D eigenvalue weighted by atomic mass is 35.5. The van der Waals surface area contributed by atoms with E-state index in [1.807, 2.05) is 23.9 Å². The quantitative estimate of drug-likeness (QED) is 0.842. The first kappa shape index (κ1) is 12.8. The number of nitrogens with two attached hydrogens (primary N) is 1. The lowest BCUT2D eigenvalue weighted by Crippen LogP contribution is -1.99. The molecule has 0 spiro atoms. The van der Waals surface area contributed by atoms with Crippen LogP contribution in [0.4, 0.5) is 0 Å². The van der Waals surface area contributed by atoms with Crippen LogP contribution in [-0.4, -0.2) is 16.1 Å². The molecule has 0 aliphatic heterocycles. The van der Waals surface area contributed by atoms with Crippen LogP contribution in [0.5, 0.6) is 0 Å². The molecule has 2 aromatic rings. The summed E-state index contributed by atoms with van der Waals surface area (Å²) in [5.41, 5.74) is 8.15. The van der Waals surface area contributed by atoms with Crippen molar-refractivity contribution in [3.05, 3.63) is 35.0 Å². The number of hydrogen-bond acceptors (Lipinski definition) is 2. The highest BCUT2D eigenvalue weighted by Crippen LogP contribution is 2.25. The zero-order valence-electron chi connectivity index (χ0n) is 9.95. The average Bonchev–Trinajstić information content (AvgIpc) is 2.67. The van der Waals surface area contributed by atoms with Gasteiger partial charge in [0, 0.05) is 41.0 Å². The standard InChI is InChI=1S/C13H17ClN2S/c1-2-17-6-5-16-9-10(8-15)12-4-3-11(14)7-13(12)16/h3-4,7,9H,2,5-6,8,15H2,1H3. The predicted molar refractivity (Wildman–Crippen MR) is 77.8 cm³/mol. The molecule has 0 saturated heterocycles. The Morgan fingerprint density at radius 3 is 2.94 bits per heavy atom. The van der Waals surface area contributed by atoms with Crippen LogP contribution in [0.2, 0.25) is 5.02 Å². The maximum Gasteiger partial charge on any atom is 0.0498 e. The van der Waals surface area contributed by atoms with E-state index in [2.05, 4.69) is 23.8 Å². The number of nitrogens with zero attached hydrogens (tertiary/aromatic N) is 1. The molecule has 0 amide bonds. The molecular formula is C13H17ClN2S. The zero-order chi connectivity index (χ0) is 12.3. The molecule has 0 fully saturated rings. The van der Waals surface area contributed by atoms with E-state index in [0.29, 0.717) is 6.54 Å². The molecule has 0 unspecified atom stereocenters. The third-order valence-corrected chi connectivity index (χ3v) is 3.94. The van der Waals surface area contributed by atoms with Crippen molar-refractivity contribution >= 4 is 34.3 Å². The lowest BCUT2D eigenvalue weighted by molar-refractivity contribution is 0.801. The number of rotatable bonds is 5. The Morgan fingerprint density at radius 1 is 1.41 bits per heavy atom. The topological polar surface area (TPSA) is 30.9 Å². The summed E-state index contributed by atoms with van der Waals surface area (Å²) in [6.45, 7) is 3.77. The molecule has 2 N–H and O–H groups in total. The summed E-state index contributed by atoms with van der Waals surface area (Å²) in [4.78, 5) is 0. The Balaban J connectivity index is 2.36. The van der Waals surface area contributed by atoms with E-state index in [9.17, 15) is 0 Å². The van der Waals surface area contributed by atoms with Gasteiger partial charge in [-0.15, -0.1) is 0 Å². The first-order valence-electron chi connectivity index (χ1n) is 5.81. The molecule has 0 atom stereocenters. The number of hydrogen-bond donors (Lipinski definition) is 1. The smallest absolute Gasteiger partial charge is 0.0498 e. The zero-order valence-corrected chi connectivity index (χ0v) is 11.5. The van der Waals surface area contributed by atoms with Crippen LogP contribution in [0.15, 0.2) is 24.4 Å². The lowest BCUT2D eigenvalue weighted by atomic mass is 10.2. The van der Waals surface area contributed by atoms with E-state index in [0.717, 1.165) is 23.1 Å². The van der Waals surface area contributed by atoms with Crippen molar-refractivity contribution in [3.8, 4) is 0 Å². The van der Waals surface area contributed by atoms with Crippen LogP contribution in [0.25, 0.3) is 10.9 Å². The van der Waals surface area contributed by atoms with Crippen molar-refractivity contribution in [1.82, 2.24) is 4.57 Å². The maximum atomic E-state index is 6.05. The fraction of sp³-hybridized carbons (Fsp3) is 0.385. The molecule has 1 aromatic carbocycles. The van der Waals surface area contributed by atoms with Crippen LogP contribution in [0.1, 0.15) is 12.5 Å². The summed E-state index contributed by atoms with van der Waals surface area (Å²) in [6.07, 6.45) is 2.15. The molecule has 2 nitrogen and oxygen atoms in total. The largest absolute Gasteiger partial charge is 0.346 e. The Labute approximate surface area is 111 Å². The Kier molecular flexibility index (Phi) is 4.37. The minimum Gasteiger partial charge on any atom is -0.346 e. The summed E-state index contributed by atoms with van der Waals surface area (Å²) < 4.78 is 2.26. The van der Waals surface area contributed by atoms with Crippen molar-refractivity contribution in [2.75, 3.05) is 11.5 Å². The molecule has 0 aliphatic rings. The number of fused-ring (bicyclic) bond motifs is 1. The molecule has 17 heavy (non-hydrogen) atoms. The van der Waals surface area contributed by atoms with Gasteiger partial charge in [-0.25, -0.2) is 0 Å². The molecule has 0 aliphatic carbocycles. The van der Waals surface area contributed by atoms with Gasteiger partial charge in [0.1, 0.15) is 0 Å². The van der Waals surface area contributed by atoms with E-state index in [-0.39, 0.29) is 0 Å². The minimum atomic E-state index is 0.575. The summed E-state index contributed by atoms with van der Waals surface area (Å²) in [6, 6.07) is 6.00. The van der Waals surface area contributed by atoms with Gasteiger partial charge in [0.2, 0.25) is 0 Å². The van der Waals surface area contributed by atoms with E-state index in [1.54, 1.807) is 0 Å². The van der Waals surface area contributed by atoms with Gasteiger partial charge in [-0.1, -0.05) is 24.6 Å². The average molecular weight is 269 g/mol. The molecule has 1 heterocycles. The highest BCUT2D eigenvalue weighted by Gasteiger charge is 2.07. The normalized spacial score (nSPS) is 11.2. The summed E-state index contributed by atoms with van der Waals surface area (Å²) in [5.74, 6) is 2.28. The van der Waals surface area contributed by atoms with Gasteiger partial charge < -0.3 is 10.3 Å². The first-order valence-corrected chi connectivity index (χ1v) is 7.34. The van der Waals surface area contributed by atoms with Gasteiger partial charge in [-0.2, -0.15) is 11.8 Å². The second kappa shape index (κ2) is 5.80. The van der Waals surface area contributed by atoms with E-state index < -0.39 is 0 Å². The van der Waals surface area contributed by atoms with Gasteiger partial charge in [-0.05, 0) is 23.4 Å². The summed E-state index contributed by atoms with van der Waals surface area (Å²) in [7, 11) is 0. The minimum absolute atomic E-state index is 0.575. The van der Waals surface area contributed by atoms with Crippen molar-refractivity contribution in [1.29, 1.82) is 0 Å². The molecule has 0 saturated carbocycles. The third kappa shape index (κ3) is 2.79. The Hall–Kier alpha value is -0.640. The van der Waals surface area contributed by atoms with Crippen LogP contribution in [0.3, 0.4) is 0 Å².